The quantitative estimate of drug-likeness (QED) is 0.882. The van der Waals surface area contributed by atoms with Crippen molar-refractivity contribution < 1.29 is 9.59 Å². The second-order valence-corrected chi connectivity index (χ2v) is 6.24. The molecule has 1 aliphatic rings. The van der Waals surface area contributed by atoms with Crippen LogP contribution >= 0.6 is 0 Å². The fourth-order valence-electron chi connectivity index (χ4n) is 3.03. The summed E-state index contributed by atoms with van der Waals surface area (Å²) in [5.41, 5.74) is 12.6. The fraction of sp³-hybridized carbons (Fsp3) is 0.529. The third-order valence-corrected chi connectivity index (χ3v) is 4.68. The number of carbonyl (C=O) groups is 2. The zero-order chi connectivity index (χ0) is 16.3. The molecule has 1 aromatic rings. The molecular formula is C17H25N3O2. The van der Waals surface area contributed by atoms with Gasteiger partial charge in [-0.2, -0.15) is 0 Å². The Morgan fingerprint density at radius 3 is 2.45 bits per heavy atom. The van der Waals surface area contributed by atoms with Crippen LogP contribution in [-0.4, -0.2) is 29.3 Å². The van der Waals surface area contributed by atoms with Gasteiger partial charge in [0.25, 0.3) is 0 Å². The van der Waals surface area contributed by atoms with Gasteiger partial charge in [-0.05, 0) is 25.3 Å². The van der Waals surface area contributed by atoms with Gasteiger partial charge in [0.05, 0.1) is 11.8 Å². The number of rotatable bonds is 4. The first kappa shape index (κ1) is 16.5. The molecule has 0 radical (unpaired) electrons. The van der Waals surface area contributed by atoms with Crippen molar-refractivity contribution in [1.82, 2.24) is 4.90 Å². The number of hydrogen-bond donors (Lipinski definition) is 2. The Kier molecular flexibility index (Phi) is 5.19. The molecule has 5 nitrogen and oxygen atoms in total. The standard InChI is InChI=1S/C17H25N3O2/c1-11-8-9-14(16(19)21)10-20(11)17(22)12(2)15(18)13-6-4-3-5-7-13/h3-7,11-12,14-15H,8-10,18H2,1-2H3,(H2,19,21). The zero-order valence-corrected chi connectivity index (χ0v) is 13.2. The molecular weight excluding hydrogens is 278 g/mol. The largest absolute Gasteiger partial charge is 0.369 e. The molecule has 4 N–H and O–H groups in total. The Morgan fingerprint density at radius 1 is 1.23 bits per heavy atom. The van der Waals surface area contributed by atoms with Crippen LogP contribution in [0.4, 0.5) is 0 Å². The maximum atomic E-state index is 12.8. The fourth-order valence-corrected chi connectivity index (χ4v) is 3.03. The maximum Gasteiger partial charge on any atom is 0.227 e. The van der Waals surface area contributed by atoms with Crippen LogP contribution in [0.2, 0.25) is 0 Å². The lowest BCUT2D eigenvalue weighted by Gasteiger charge is -2.39. The highest BCUT2D eigenvalue weighted by Crippen LogP contribution is 2.27. The van der Waals surface area contributed by atoms with Gasteiger partial charge < -0.3 is 16.4 Å². The molecule has 1 aliphatic heterocycles. The van der Waals surface area contributed by atoms with E-state index in [1.807, 2.05) is 44.2 Å². The molecule has 1 fully saturated rings. The van der Waals surface area contributed by atoms with E-state index < -0.39 is 0 Å². The topological polar surface area (TPSA) is 89.4 Å². The van der Waals surface area contributed by atoms with Crippen molar-refractivity contribution in [3.63, 3.8) is 0 Å². The van der Waals surface area contributed by atoms with Crippen LogP contribution in [0, 0.1) is 11.8 Å². The molecule has 4 unspecified atom stereocenters. The molecule has 2 amide bonds. The van der Waals surface area contributed by atoms with Crippen molar-refractivity contribution in [3.05, 3.63) is 35.9 Å². The number of benzene rings is 1. The molecule has 1 heterocycles. The van der Waals surface area contributed by atoms with E-state index in [0.717, 1.165) is 18.4 Å². The lowest BCUT2D eigenvalue weighted by Crippen LogP contribution is -2.51. The van der Waals surface area contributed by atoms with E-state index in [2.05, 4.69) is 0 Å². The third kappa shape index (κ3) is 3.47. The predicted octanol–water partition coefficient (Wildman–Crippen LogP) is 1.43. The minimum atomic E-state index is -0.352. The summed E-state index contributed by atoms with van der Waals surface area (Å²) < 4.78 is 0. The summed E-state index contributed by atoms with van der Waals surface area (Å²) in [6, 6.07) is 9.38. The molecule has 4 atom stereocenters. The van der Waals surface area contributed by atoms with E-state index in [-0.39, 0.29) is 35.7 Å². The van der Waals surface area contributed by atoms with Crippen molar-refractivity contribution >= 4 is 11.8 Å². The molecule has 0 aliphatic carbocycles. The van der Waals surface area contributed by atoms with Crippen molar-refractivity contribution in [2.75, 3.05) is 6.54 Å². The second-order valence-electron chi connectivity index (χ2n) is 6.24. The van der Waals surface area contributed by atoms with Crippen LogP contribution in [0.25, 0.3) is 0 Å². The predicted molar refractivity (Wildman–Crippen MR) is 85.6 cm³/mol. The van der Waals surface area contributed by atoms with Gasteiger partial charge in [-0.3, -0.25) is 9.59 Å². The Morgan fingerprint density at radius 2 is 1.86 bits per heavy atom. The first-order valence-electron chi connectivity index (χ1n) is 7.82. The molecule has 0 spiro atoms. The number of amides is 2. The summed E-state index contributed by atoms with van der Waals surface area (Å²) in [4.78, 5) is 26.0. The van der Waals surface area contributed by atoms with Crippen molar-refractivity contribution in [2.45, 2.75) is 38.8 Å². The van der Waals surface area contributed by atoms with Gasteiger partial charge in [-0.1, -0.05) is 37.3 Å². The number of nitrogens with zero attached hydrogens (tertiary/aromatic N) is 1. The number of hydrogen-bond acceptors (Lipinski definition) is 3. The number of nitrogens with two attached hydrogens (primary N) is 2. The van der Waals surface area contributed by atoms with Gasteiger partial charge in [-0.25, -0.2) is 0 Å². The van der Waals surface area contributed by atoms with E-state index in [9.17, 15) is 9.59 Å². The van der Waals surface area contributed by atoms with Crippen molar-refractivity contribution in [1.29, 1.82) is 0 Å². The summed E-state index contributed by atoms with van der Waals surface area (Å²) in [6.45, 7) is 4.26. The average Bonchev–Trinajstić information content (AvgIpc) is 2.53. The number of piperidine rings is 1. The highest BCUT2D eigenvalue weighted by Gasteiger charge is 2.35. The smallest absolute Gasteiger partial charge is 0.227 e. The van der Waals surface area contributed by atoms with Crippen LogP contribution in [-0.2, 0) is 9.59 Å². The number of carbonyl (C=O) groups excluding carboxylic acids is 2. The van der Waals surface area contributed by atoms with E-state index in [1.54, 1.807) is 4.90 Å². The second kappa shape index (κ2) is 6.92. The van der Waals surface area contributed by atoms with E-state index >= 15 is 0 Å². The van der Waals surface area contributed by atoms with Crippen LogP contribution in [0.3, 0.4) is 0 Å². The monoisotopic (exact) mass is 303 g/mol. The summed E-state index contributed by atoms with van der Waals surface area (Å²) in [5.74, 6) is -0.920. The van der Waals surface area contributed by atoms with Crippen molar-refractivity contribution in [2.24, 2.45) is 23.3 Å². The molecule has 1 aromatic carbocycles. The van der Waals surface area contributed by atoms with Crippen LogP contribution in [0.5, 0.6) is 0 Å². The molecule has 0 aromatic heterocycles. The van der Waals surface area contributed by atoms with Crippen LogP contribution in [0.15, 0.2) is 30.3 Å². The lowest BCUT2D eigenvalue weighted by molar-refractivity contribution is -0.141. The molecule has 2 rings (SSSR count). The summed E-state index contributed by atoms with van der Waals surface area (Å²) in [5, 5.41) is 0. The van der Waals surface area contributed by atoms with Crippen molar-refractivity contribution in [3.8, 4) is 0 Å². The third-order valence-electron chi connectivity index (χ3n) is 4.68. The van der Waals surface area contributed by atoms with Crippen LogP contribution in [0.1, 0.15) is 38.3 Å². The van der Waals surface area contributed by atoms with E-state index in [1.165, 1.54) is 0 Å². The highest BCUT2D eigenvalue weighted by molar-refractivity contribution is 5.82. The number of likely N-dealkylation sites (tertiary alicyclic amines) is 1. The SMILES string of the molecule is CC(C(=O)N1CC(C(N)=O)CCC1C)C(N)c1ccccc1. The van der Waals surface area contributed by atoms with Gasteiger partial charge in [0, 0.05) is 18.6 Å². The first-order valence-corrected chi connectivity index (χ1v) is 7.82. The molecule has 22 heavy (non-hydrogen) atoms. The van der Waals surface area contributed by atoms with Gasteiger partial charge in [0.15, 0.2) is 0 Å². The van der Waals surface area contributed by atoms with E-state index in [0.29, 0.717) is 6.54 Å². The number of primary amides is 1. The Bertz CT molecular complexity index is 532. The maximum absolute atomic E-state index is 12.8. The minimum Gasteiger partial charge on any atom is -0.369 e. The summed E-state index contributed by atoms with van der Waals surface area (Å²) in [7, 11) is 0. The Balaban J connectivity index is 2.10. The molecule has 0 bridgehead atoms. The molecule has 1 saturated heterocycles. The Hall–Kier alpha value is -1.88. The normalized spacial score (nSPS) is 24.6. The van der Waals surface area contributed by atoms with Gasteiger partial charge >= 0.3 is 0 Å². The lowest BCUT2D eigenvalue weighted by atomic mass is 9.89. The zero-order valence-electron chi connectivity index (χ0n) is 13.2. The summed E-state index contributed by atoms with van der Waals surface area (Å²) in [6.07, 6.45) is 1.55. The molecule has 5 heteroatoms. The molecule has 120 valence electrons. The first-order chi connectivity index (χ1) is 10.4. The van der Waals surface area contributed by atoms with Gasteiger partial charge in [0.2, 0.25) is 11.8 Å². The average molecular weight is 303 g/mol. The molecule has 0 saturated carbocycles. The minimum absolute atomic E-state index is 0.00481. The highest BCUT2D eigenvalue weighted by atomic mass is 16.2. The van der Waals surface area contributed by atoms with Gasteiger partial charge in [0.1, 0.15) is 0 Å². The van der Waals surface area contributed by atoms with Crippen LogP contribution < -0.4 is 11.5 Å². The Labute approximate surface area is 131 Å². The van der Waals surface area contributed by atoms with Gasteiger partial charge in [-0.15, -0.1) is 0 Å². The summed E-state index contributed by atoms with van der Waals surface area (Å²) >= 11 is 0. The van der Waals surface area contributed by atoms with E-state index in [4.69, 9.17) is 11.5 Å².